The monoisotopic (exact) mass is 496 g/mol. The molecule has 0 spiro atoms. The van der Waals surface area contributed by atoms with E-state index in [0.717, 1.165) is 32.1 Å². The molecule has 0 aromatic rings. The highest BCUT2D eigenvalue weighted by Gasteiger charge is 2.40. The van der Waals surface area contributed by atoms with Crippen LogP contribution < -0.4 is 15.8 Å². The number of unbranched alkanes of at least 4 members (excludes halogenated alkanes) is 3. The fraction of sp³-hybridized carbons (Fsp3) is 0.750. The molecule has 0 radical (unpaired) electrons. The molecule has 1 heterocycles. The number of hydrogen-bond donors (Lipinski definition) is 3. The first kappa shape index (κ1) is 28.0. The van der Waals surface area contributed by atoms with Gasteiger partial charge >= 0.3 is 6.09 Å². The lowest BCUT2D eigenvalue weighted by atomic mass is 10.0. The number of carbonyl (C=O) groups is 4. The third-order valence-electron chi connectivity index (χ3n) is 5.98. The Labute approximate surface area is 207 Å². The molecule has 0 bridgehead atoms. The summed E-state index contributed by atoms with van der Waals surface area (Å²) in [5, 5.41) is 2.70. The number of likely N-dealkylation sites (tertiary alicyclic amines) is 1. The van der Waals surface area contributed by atoms with E-state index >= 15 is 0 Å². The van der Waals surface area contributed by atoms with Crippen molar-refractivity contribution in [3.05, 3.63) is 12.2 Å². The van der Waals surface area contributed by atoms with Crippen molar-refractivity contribution in [1.29, 1.82) is 0 Å². The number of allylic oxidation sites excluding steroid dienone is 2. The predicted octanol–water partition coefficient (Wildman–Crippen LogP) is 2.89. The number of carbonyl (C=O) groups excluding carboxylic acids is 4. The van der Waals surface area contributed by atoms with Crippen molar-refractivity contribution in [2.75, 3.05) is 12.8 Å². The van der Waals surface area contributed by atoms with Crippen LogP contribution in [0.3, 0.4) is 0 Å². The second kappa shape index (κ2) is 13.0. The molecule has 9 nitrogen and oxygen atoms in total. The maximum atomic E-state index is 13.1. The number of primary amides is 1. The molecular weight excluding hydrogens is 456 g/mol. The standard InChI is InChI=1S/C24H40N4O5S/c1-24(2,3)33-23(32)26-18(22(31)28-14-10-13-19(28)20(25)29)12-9-7-5-6-8-11-16-15-17(16)21(30)27-34-4/h8,11,16-19H,5-7,9-10,12-15H2,1-4H3,(H2,25,29)(H,26,32)(H,27,30)/b11-8-/t16?,17?,18-,19?/m0/s1. The molecule has 3 unspecified atom stereocenters. The largest absolute Gasteiger partial charge is 0.444 e. The van der Waals surface area contributed by atoms with Crippen molar-refractivity contribution in [3.8, 4) is 0 Å². The van der Waals surface area contributed by atoms with Gasteiger partial charge in [0.2, 0.25) is 17.7 Å². The van der Waals surface area contributed by atoms with Crippen molar-refractivity contribution in [3.63, 3.8) is 0 Å². The van der Waals surface area contributed by atoms with E-state index < -0.39 is 29.7 Å². The minimum absolute atomic E-state index is 0.101. The summed E-state index contributed by atoms with van der Waals surface area (Å²) >= 11 is 1.33. The molecule has 1 saturated carbocycles. The topological polar surface area (TPSA) is 131 Å². The van der Waals surface area contributed by atoms with Crippen LogP contribution in [0.2, 0.25) is 0 Å². The van der Waals surface area contributed by atoms with Crippen LogP contribution in [0.4, 0.5) is 4.79 Å². The quantitative estimate of drug-likeness (QED) is 0.216. The SMILES string of the molecule is CSNC(=O)C1CC1/C=C\CCCCC[C@H](NC(=O)OC(C)(C)C)C(=O)N1CCCC1C(N)=O. The number of alkyl carbamates (subject to hydrolysis) is 1. The summed E-state index contributed by atoms with van der Waals surface area (Å²) in [7, 11) is 0. The number of nitrogens with two attached hydrogens (primary N) is 1. The molecule has 4 atom stereocenters. The Morgan fingerprint density at radius 1 is 1.21 bits per heavy atom. The van der Waals surface area contributed by atoms with Gasteiger partial charge in [-0.2, -0.15) is 0 Å². The first-order valence-electron chi connectivity index (χ1n) is 12.1. The summed E-state index contributed by atoms with van der Waals surface area (Å²) in [6.45, 7) is 5.75. The number of hydrogen-bond acceptors (Lipinski definition) is 6. The van der Waals surface area contributed by atoms with Crippen LogP contribution in [0.1, 0.15) is 72.1 Å². The summed E-state index contributed by atoms with van der Waals surface area (Å²) in [5.41, 5.74) is 4.79. The van der Waals surface area contributed by atoms with E-state index in [2.05, 4.69) is 22.2 Å². The highest BCUT2D eigenvalue weighted by Crippen LogP contribution is 2.40. The van der Waals surface area contributed by atoms with Crippen molar-refractivity contribution in [2.45, 2.75) is 89.8 Å². The zero-order valence-electron chi connectivity index (χ0n) is 20.8. The summed E-state index contributed by atoms with van der Waals surface area (Å²) in [6.07, 6.45) is 11.6. The minimum atomic E-state index is -0.757. The van der Waals surface area contributed by atoms with E-state index in [4.69, 9.17) is 10.5 Å². The maximum Gasteiger partial charge on any atom is 0.408 e. The normalized spacial score (nSPS) is 22.9. The van der Waals surface area contributed by atoms with Crippen molar-refractivity contribution < 1.29 is 23.9 Å². The fourth-order valence-electron chi connectivity index (χ4n) is 4.20. The Bertz CT molecular complexity index is 767. The van der Waals surface area contributed by atoms with Crippen LogP contribution in [-0.2, 0) is 19.1 Å². The summed E-state index contributed by atoms with van der Waals surface area (Å²) in [4.78, 5) is 50.5. The van der Waals surface area contributed by atoms with Crippen LogP contribution in [0.15, 0.2) is 12.2 Å². The van der Waals surface area contributed by atoms with Crippen LogP contribution in [0, 0.1) is 11.8 Å². The van der Waals surface area contributed by atoms with Crippen molar-refractivity contribution in [2.24, 2.45) is 17.6 Å². The van der Waals surface area contributed by atoms with Crippen molar-refractivity contribution >= 4 is 35.8 Å². The molecule has 1 saturated heterocycles. The predicted molar refractivity (Wildman–Crippen MR) is 133 cm³/mol. The molecule has 1 aliphatic heterocycles. The van der Waals surface area contributed by atoms with Crippen molar-refractivity contribution in [1.82, 2.24) is 14.9 Å². The first-order valence-corrected chi connectivity index (χ1v) is 13.3. The van der Waals surface area contributed by atoms with Gasteiger partial charge in [0.25, 0.3) is 0 Å². The molecule has 1 aliphatic carbocycles. The molecular formula is C24H40N4O5S. The van der Waals surface area contributed by atoms with Gasteiger partial charge in [-0.1, -0.05) is 36.9 Å². The maximum absolute atomic E-state index is 13.1. The van der Waals surface area contributed by atoms with Gasteiger partial charge < -0.3 is 25.4 Å². The summed E-state index contributed by atoms with van der Waals surface area (Å²) < 4.78 is 8.11. The number of ether oxygens (including phenoxy) is 1. The zero-order chi connectivity index (χ0) is 25.3. The Balaban J connectivity index is 1.80. The molecule has 4 N–H and O–H groups in total. The van der Waals surface area contributed by atoms with Crippen LogP contribution in [0.5, 0.6) is 0 Å². The number of rotatable bonds is 12. The van der Waals surface area contributed by atoms with Gasteiger partial charge in [-0.05, 0) is 65.2 Å². The summed E-state index contributed by atoms with van der Waals surface area (Å²) in [5.74, 6) is -0.255. The lowest BCUT2D eigenvalue weighted by molar-refractivity contribution is -0.139. The third-order valence-corrected chi connectivity index (χ3v) is 6.38. The first-order chi connectivity index (χ1) is 16.0. The van der Waals surface area contributed by atoms with Gasteiger partial charge in [-0.25, -0.2) is 4.79 Å². The van der Waals surface area contributed by atoms with E-state index in [1.54, 1.807) is 20.8 Å². The molecule has 34 heavy (non-hydrogen) atoms. The van der Waals surface area contributed by atoms with E-state index in [0.29, 0.717) is 31.7 Å². The highest BCUT2D eigenvalue weighted by molar-refractivity contribution is 7.97. The smallest absolute Gasteiger partial charge is 0.408 e. The number of nitrogens with zero attached hydrogens (tertiary/aromatic N) is 1. The average Bonchev–Trinajstić information content (AvgIpc) is 3.34. The molecule has 2 fully saturated rings. The lowest BCUT2D eigenvalue weighted by Crippen LogP contribution is -2.53. The molecule has 192 valence electrons. The second-order valence-corrected chi connectivity index (χ2v) is 10.6. The zero-order valence-corrected chi connectivity index (χ0v) is 21.6. The molecule has 4 amide bonds. The molecule has 2 rings (SSSR count). The van der Waals surface area contributed by atoms with Crippen LogP contribution in [0.25, 0.3) is 0 Å². The van der Waals surface area contributed by atoms with Gasteiger partial charge in [0.05, 0.1) is 0 Å². The Morgan fingerprint density at radius 3 is 2.59 bits per heavy atom. The van der Waals surface area contributed by atoms with E-state index in [1.165, 1.54) is 16.8 Å². The van der Waals surface area contributed by atoms with Gasteiger partial charge in [0.15, 0.2) is 0 Å². The number of amides is 4. The van der Waals surface area contributed by atoms with Gasteiger partial charge in [0.1, 0.15) is 17.7 Å². The Kier molecular flexibility index (Phi) is 10.7. The Morgan fingerprint density at radius 2 is 1.94 bits per heavy atom. The van der Waals surface area contributed by atoms with Gasteiger partial charge in [-0.3, -0.25) is 14.4 Å². The molecule has 2 aliphatic rings. The molecule has 0 aromatic carbocycles. The minimum Gasteiger partial charge on any atom is -0.444 e. The van der Waals surface area contributed by atoms with Gasteiger partial charge in [0, 0.05) is 18.7 Å². The van der Waals surface area contributed by atoms with Crippen LogP contribution in [-0.4, -0.2) is 59.2 Å². The fourth-order valence-corrected chi connectivity index (χ4v) is 4.55. The number of nitrogens with one attached hydrogen (secondary N) is 2. The second-order valence-electron chi connectivity index (χ2n) is 10.0. The van der Waals surface area contributed by atoms with Crippen LogP contribution >= 0.6 is 11.9 Å². The van der Waals surface area contributed by atoms with Gasteiger partial charge in [-0.15, -0.1) is 0 Å². The average molecular weight is 497 g/mol. The van der Waals surface area contributed by atoms with E-state index in [1.807, 2.05) is 6.26 Å². The molecule has 0 aromatic heterocycles. The van der Waals surface area contributed by atoms with E-state index in [-0.39, 0.29) is 17.7 Å². The Hall–Kier alpha value is -2.23. The van der Waals surface area contributed by atoms with E-state index in [9.17, 15) is 19.2 Å². The summed E-state index contributed by atoms with van der Waals surface area (Å²) in [6, 6.07) is -1.38. The lowest BCUT2D eigenvalue weighted by Gasteiger charge is -2.28. The highest BCUT2D eigenvalue weighted by atomic mass is 32.2. The molecule has 10 heteroatoms. The third kappa shape index (κ3) is 9.19.